The van der Waals surface area contributed by atoms with E-state index in [1.807, 2.05) is 36.1 Å². The van der Waals surface area contributed by atoms with Gasteiger partial charge in [-0.3, -0.25) is 4.79 Å². The largest absolute Gasteiger partial charge is 0.361 e. The number of benzene rings is 1. The molecule has 1 atom stereocenters. The van der Waals surface area contributed by atoms with Crippen LogP contribution in [0.15, 0.2) is 34.9 Å². The summed E-state index contributed by atoms with van der Waals surface area (Å²) in [5.74, 6) is 0.772. The third kappa shape index (κ3) is 4.25. The van der Waals surface area contributed by atoms with E-state index in [1.165, 1.54) is 0 Å². The predicted molar refractivity (Wildman–Crippen MR) is 91.0 cm³/mol. The summed E-state index contributed by atoms with van der Waals surface area (Å²) in [5, 5.41) is 7.92. The zero-order valence-electron chi connectivity index (χ0n) is 12.8. The Labute approximate surface area is 146 Å². The fourth-order valence-electron chi connectivity index (χ4n) is 2.77. The second kappa shape index (κ2) is 7.81. The lowest BCUT2D eigenvalue weighted by atomic mass is 10.0. The number of halogens is 2. The third-order valence-corrected chi connectivity index (χ3v) is 4.04. The molecule has 5 nitrogen and oxygen atoms in total. The molecule has 2 heterocycles. The highest BCUT2D eigenvalue weighted by Crippen LogP contribution is 2.25. The van der Waals surface area contributed by atoms with E-state index in [0.717, 1.165) is 24.4 Å². The summed E-state index contributed by atoms with van der Waals surface area (Å²) in [4.78, 5) is 14.5. The summed E-state index contributed by atoms with van der Waals surface area (Å²) in [6.07, 6.45) is 0.258. The molecule has 23 heavy (non-hydrogen) atoms. The van der Waals surface area contributed by atoms with Gasteiger partial charge in [0.2, 0.25) is 5.91 Å². The smallest absolute Gasteiger partial charge is 0.229 e. The van der Waals surface area contributed by atoms with Crippen LogP contribution < -0.4 is 5.32 Å². The number of carbonyl (C=O) groups is 1. The van der Waals surface area contributed by atoms with E-state index in [0.29, 0.717) is 17.3 Å². The van der Waals surface area contributed by atoms with Crippen LogP contribution in [-0.2, 0) is 11.2 Å². The van der Waals surface area contributed by atoms with Crippen LogP contribution in [0, 0.1) is 6.92 Å². The van der Waals surface area contributed by atoms with E-state index < -0.39 is 0 Å². The first-order valence-corrected chi connectivity index (χ1v) is 7.69. The van der Waals surface area contributed by atoms with E-state index in [4.69, 9.17) is 16.1 Å². The molecule has 1 aromatic heterocycles. The van der Waals surface area contributed by atoms with Gasteiger partial charge in [-0.25, -0.2) is 0 Å². The van der Waals surface area contributed by atoms with Gasteiger partial charge in [0.05, 0.1) is 18.2 Å². The molecule has 1 N–H and O–H groups in total. The highest BCUT2D eigenvalue weighted by molar-refractivity contribution is 6.30. The van der Waals surface area contributed by atoms with Crippen molar-refractivity contribution < 1.29 is 9.32 Å². The first-order chi connectivity index (χ1) is 10.6. The molecule has 0 spiro atoms. The molecule has 0 aliphatic carbocycles. The Morgan fingerprint density at radius 2 is 2.30 bits per heavy atom. The van der Waals surface area contributed by atoms with Crippen molar-refractivity contribution in [3.05, 3.63) is 52.4 Å². The van der Waals surface area contributed by atoms with Gasteiger partial charge < -0.3 is 14.7 Å². The molecule has 1 saturated heterocycles. The van der Waals surface area contributed by atoms with E-state index in [9.17, 15) is 4.79 Å². The summed E-state index contributed by atoms with van der Waals surface area (Å²) in [5.41, 5.74) is 1.72. The lowest BCUT2D eigenvalue weighted by Gasteiger charge is -2.36. The number of hydrogen-bond acceptors (Lipinski definition) is 4. The second-order valence-electron chi connectivity index (χ2n) is 5.47. The van der Waals surface area contributed by atoms with Crippen LogP contribution in [-0.4, -0.2) is 35.6 Å². The predicted octanol–water partition coefficient (Wildman–Crippen LogP) is 2.77. The SMILES string of the molecule is Cc1cc(CC(=O)N2CCNCC2c2cccc(Cl)c2)no1.Cl. The molecule has 1 aliphatic rings. The Bertz CT molecular complexity index is 675. The topological polar surface area (TPSA) is 58.4 Å². The molecule has 1 amide bonds. The Kier molecular flexibility index (Phi) is 6.04. The minimum absolute atomic E-state index is 0. The van der Waals surface area contributed by atoms with E-state index in [1.54, 1.807) is 6.07 Å². The first-order valence-electron chi connectivity index (χ1n) is 7.31. The average molecular weight is 356 g/mol. The summed E-state index contributed by atoms with van der Waals surface area (Å²) in [6.45, 7) is 4.01. The van der Waals surface area contributed by atoms with Crippen LogP contribution in [0.1, 0.15) is 23.1 Å². The standard InChI is InChI=1S/C16H18ClN3O2.ClH/c1-11-7-14(19-22-11)9-16(21)20-6-5-18-10-15(20)12-3-2-4-13(17)8-12;/h2-4,7-8,15,18H,5-6,9-10H2,1H3;1H. The first kappa shape index (κ1) is 17.8. The number of aryl methyl sites for hydroxylation is 1. The second-order valence-corrected chi connectivity index (χ2v) is 5.90. The van der Waals surface area contributed by atoms with Crippen LogP contribution in [0.25, 0.3) is 0 Å². The fourth-order valence-corrected chi connectivity index (χ4v) is 2.97. The van der Waals surface area contributed by atoms with E-state index in [2.05, 4.69) is 10.5 Å². The van der Waals surface area contributed by atoms with E-state index in [-0.39, 0.29) is 30.8 Å². The van der Waals surface area contributed by atoms with Crippen molar-refractivity contribution in [2.24, 2.45) is 0 Å². The van der Waals surface area contributed by atoms with Crippen LogP contribution in [0.2, 0.25) is 5.02 Å². The lowest BCUT2D eigenvalue weighted by Crippen LogP contribution is -2.49. The van der Waals surface area contributed by atoms with Gasteiger partial charge in [-0.1, -0.05) is 28.9 Å². The lowest BCUT2D eigenvalue weighted by molar-refractivity contribution is -0.133. The highest BCUT2D eigenvalue weighted by Gasteiger charge is 2.28. The number of rotatable bonds is 3. The maximum absolute atomic E-state index is 12.6. The van der Waals surface area contributed by atoms with Crippen LogP contribution in [0.3, 0.4) is 0 Å². The molecule has 0 radical (unpaired) electrons. The minimum atomic E-state index is -0.00653. The number of amides is 1. The zero-order valence-corrected chi connectivity index (χ0v) is 14.4. The quantitative estimate of drug-likeness (QED) is 0.919. The van der Waals surface area contributed by atoms with Crippen LogP contribution in [0.4, 0.5) is 0 Å². The Morgan fingerprint density at radius 3 is 3.00 bits per heavy atom. The maximum atomic E-state index is 12.6. The molecular weight excluding hydrogens is 337 g/mol. The molecule has 1 aromatic carbocycles. The van der Waals surface area contributed by atoms with Crippen molar-refractivity contribution in [1.82, 2.24) is 15.4 Å². The third-order valence-electron chi connectivity index (χ3n) is 3.81. The van der Waals surface area contributed by atoms with Crippen LogP contribution >= 0.6 is 24.0 Å². The van der Waals surface area contributed by atoms with Gasteiger partial charge in [0.15, 0.2) is 0 Å². The normalized spacial score (nSPS) is 17.7. The maximum Gasteiger partial charge on any atom is 0.229 e. The van der Waals surface area contributed by atoms with E-state index >= 15 is 0 Å². The van der Waals surface area contributed by atoms with Crippen molar-refractivity contribution in [2.45, 2.75) is 19.4 Å². The molecule has 2 aromatic rings. The van der Waals surface area contributed by atoms with Gasteiger partial charge in [-0.05, 0) is 24.6 Å². The van der Waals surface area contributed by atoms with Crippen molar-refractivity contribution in [3.63, 3.8) is 0 Å². The average Bonchev–Trinajstić information content (AvgIpc) is 2.92. The zero-order chi connectivity index (χ0) is 15.5. The van der Waals surface area contributed by atoms with Gasteiger partial charge in [0, 0.05) is 30.7 Å². The number of nitrogens with zero attached hydrogens (tertiary/aromatic N) is 2. The monoisotopic (exact) mass is 355 g/mol. The van der Waals surface area contributed by atoms with Gasteiger partial charge >= 0.3 is 0 Å². The number of nitrogens with one attached hydrogen (secondary N) is 1. The molecule has 1 unspecified atom stereocenters. The number of carbonyl (C=O) groups excluding carboxylic acids is 1. The Balaban J connectivity index is 0.00000192. The summed E-state index contributed by atoms with van der Waals surface area (Å²) < 4.78 is 5.03. The van der Waals surface area contributed by atoms with Crippen molar-refractivity contribution in [1.29, 1.82) is 0 Å². The van der Waals surface area contributed by atoms with Crippen molar-refractivity contribution >= 4 is 29.9 Å². The summed E-state index contributed by atoms with van der Waals surface area (Å²) in [6, 6.07) is 9.47. The van der Waals surface area contributed by atoms with Crippen molar-refractivity contribution in [3.8, 4) is 0 Å². The highest BCUT2D eigenvalue weighted by atomic mass is 35.5. The fraction of sp³-hybridized carbons (Fsp3) is 0.375. The molecule has 0 bridgehead atoms. The van der Waals surface area contributed by atoms with Gasteiger partial charge in [0.25, 0.3) is 0 Å². The molecule has 1 aliphatic heterocycles. The minimum Gasteiger partial charge on any atom is -0.361 e. The van der Waals surface area contributed by atoms with Gasteiger partial charge in [-0.2, -0.15) is 0 Å². The molecule has 1 fully saturated rings. The number of piperazine rings is 1. The molecule has 3 rings (SSSR count). The number of aromatic nitrogens is 1. The van der Waals surface area contributed by atoms with Crippen LogP contribution in [0.5, 0.6) is 0 Å². The number of hydrogen-bond donors (Lipinski definition) is 1. The van der Waals surface area contributed by atoms with Crippen molar-refractivity contribution in [2.75, 3.05) is 19.6 Å². The summed E-state index contributed by atoms with van der Waals surface area (Å²) >= 11 is 6.08. The molecule has 7 heteroatoms. The van der Waals surface area contributed by atoms with Gasteiger partial charge in [0.1, 0.15) is 5.76 Å². The Hall–Kier alpha value is -1.56. The molecular formula is C16H19Cl2N3O2. The Morgan fingerprint density at radius 1 is 1.48 bits per heavy atom. The molecule has 0 saturated carbocycles. The molecule has 124 valence electrons. The summed E-state index contributed by atoms with van der Waals surface area (Å²) in [7, 11) is 0. The van der Waals surface area contributed by atoms with Gasteiger partial charge in [-0.15, -0.1) is 12.4 Å².